The molecule has 0 saturated heterocycles. The Morgan fingerprint density at radius 2 is 2.10 bits per heavy atom. The van der Waals surface area contributed by atoms with Crippen LogP contribution in [-0.4, -0.2) is 26.7 Å². The number of aromatic nitrogens is 2. The minimum atomic E-state index is -2.81. The summed E-state index contributed by atoms with van der Waals surface area (Å²) in [4.78, 5) is 21.3. The zero-order chi connectivity index (χ0) is 20.9. The molecule has 1 N–H and O–H groups in total. The van der Waals surface area contributed by atoms with Gasteiger partial charge >= 0.3 is 5.97 Å². The first kappa shape index (κ1) is 21.4. The van der Waals surface area contributed by atoms with Gasteiger partial charge in [0.1, 0.15) is 5.82 Å². The number of imidazole rings is 1. The highest BCUT2D eigenvalue weighted by Crippen LogP contribution is 2.49. The summed E-state index contributed by atoms with van der Waals surface area (Å²) < 4.78 is 30.5. The van der Waals surface area contributed by atoms with Crippen molar-refractivity contribution >= 4 is 5.97 Å². The molecule has 0 aliphatic heterocycles. The van der Waals surface area contributed by atoms with E-state index in [0.717, 1.165) is 18.8 Å². The van der Waals surface area contributed by atoms with E-state index < -0.39 is 23.2 Å². The second-order valence-electron chi connectivity index (χ2n) is 7.99. The first-order valence-electron chi connectivity index (χ1n) is 10.2. The molecule has 0 spiro atoms. The Morgan fingerprint density at radius 1 is 1.34 bits per heavy atom. The Kier molecular flexibility index (Phi) is 6.67. The fourth-order valence-electron chi connectivity index (χ4n) is 4.71. The number of carbonyl (C=O) groups excluding carboxylic acids is 1. The lowest BCUT2D eigenvalue weighted by atomic mass is 9.62. The summed E-state index contributed by atoms with van der Waals surface area (Å²) in [5, 5.41) is 9.29. The van der Waals surface area contributed by atoms with Gasteiger partial charge in [-0.15, -0.1) is 0 Å². The van der Waals surface area contributed by atoms with E-state index >= 15 is 0 Å². The number of hydrogen-bond donors (Lipinski definition) is 1. The molecule has 7 heteroatoms. The van der Waals surface area contributed by atoms with Crippen LogP contribution in [0.25, 0.3) is 0 Å². The lowest BCUT2D eigenvalue weighted by molar-refractivity contribution is -0.245. The van der Waals surface area contributed by atoms with Gasteiger partial charge in [0, 0.05) is 31.8 Å². The Balaban J connectivity index is 1.86. The van der Waals surface area contributed by atoms with Gasteiger partial charge in [0.15, 0.2) is 0 Å². The summed E-state index contributed by atoms with van der Waals surface area (Å²) in [5.74, 6) is -3.35. The van der Waals surface area contributed by atoms with E-state index in [2.05, 4.69) is 9.87 Å². The maximum atomic E-state index is 14.3. The van der Waals surface area contributed by atoms with E-state index in [1.54, 1.807) is 30.5 Å². The van der Waals surface area contributed by atoms with Crippen molar-refractivity contribution in [2.24, 2.45) is 5.92 Å². The van der Waals surface area contributed by atoms with E-state index in [-0.39, 0.29) is 12.8 Å². The van der Waals surface area contributed by atoms with E-state index in [1.807, 2.05) is 23.8 Å². The molecule has 0 radical (unpaired) electrons. The number of nitrogens with zero attached hydrogens (tertiary/aromatic N) is 2. The third-order valence-corrected chi connectivity index (χ3v) is 6.22. The monoisotopic (exact) mass is 406 g/mol. The predicted molar refractivity (Wildman–Crippen MR) is 105 cm³/mol. The molecule has 5 nitrogen and oxygen atoms in total. The van der Waals surface area contributed by atoms with Crippen molar-refractivity contribution in [3.8, 4) is 0 Å². The molecule has 158 valence electrons. The minimum Gasteiger partial charge on any atom is -0.335 e. The van der Waals surface area contributed by atoms with E-state index in [0.29, 0.717) is 31.2 Å². The second kappa shape index (κ2) is 9.03. The molecule has 2 atom stereocenters. The van der Waals surface area contributed by atoms with E-state index in [9.17, 15) is 18.8 Å². The molecule has 1 aliphatic carbocycles. The van der Waals surface area contributed by atoms with Crippen LogP contribution in [0, 0.1) is 12.8 Å². The number of unbranched alkanes of at least 4 members (excludes halogenated alkanes) is 1. The van der Waals surface area contributed by atoms with Gasteiger partial charge in [-0.25, -0.2) is 18.6 Å². The molecular formula is C22H28F2N2O3. The number of rotatable bonds is 8. The highest BCUT2D eigenvalue weighted by molar-refractivity contribution is 5.83. The van der Waals surface area contributed by atoms with Crippen molar-refractivity contribution in [2.45, 2.75) is 69.8 Å². The van der Waals surface area contributed by atoms with Gasteiger partial charge < -0.3 is 9.45 Å². The average molecular weight is 406 g/mol. The average Bonchev–Trinajstić information content (AvgIpc) is 3.12. The third kappa shape index (κ3) is 4.66. The minimum absolute atomic E-state index is 0.164. The maximum Gasteiger partial charge on any atom is 0.352 e. The Hall–Kier alpha value is -2.28. The molecule has 2 aromatic rings. The van der Waals surface area contributed by atoms with Gasteiger partial charge in [-0.2, -0.15) is 5.26 Å². The smallest absolute Gasteiger partial charge is 0.335 e. The summed E-state index contributed by atoms with van der Waals surface area (Å²) in [6.45, 7) is 2.65. The highest BCUT2D eigenvalue weighted by atomic mass is 19.3. The third-order valence-electron chi connectivity index (χ3n) is 6.22. The molecule has 0 amide bonds. The number of carbonyl (C=O) groups is 1. The zero-order valence-electron chi connectivity index (χ0n) is 16.7. The predicted octanol–water partition coefficient (Wildman–Crippen LogP) is 5.14. The number of halogens is 2. The van der Waals surface area contributed by atoms with E-state index in [4.69, 9.17) is 0 Å². The Morgan fingerprint density at radius 3 is 2.72 bits per heavy atom. The molecule has 0 bridgehead atoms. The van der Waals surface area contributed by atoms with Crippen molar-refractivity contribution in [2.75, 3.05) is 0 Å². The largest absolute Gasteiger partial charge is 0.352 e. The van der Waals surface area contributed by atoms with Crippen LogP contribution in [0.15, 0.2) is 42.7 Å². The molecule has 1 fully saturated rings. The molecule has 3 rings (SSSR count). The number of hydrogen-bond acceptors (Lipinski definition) is 4. The molecule has 1 heterocycles. The van der Waals surface area contributed by atoms with Gasteiger partial charge in [0.05, 0.1) is 5.41 Å². The van der Waals surface area contributed by atoms with Gasteiger partial charge in [0.25, 0.3) is 0 Å². The number of alkyl halides is 2. The molecule has 0 unspecified atom stereocenters. The van der Waals surface area contributed by atoms with Crippen molar-refractivity contribution in [3.05, 3.63) is 54.1 Å². The summed E-state index contributed by atoms with van der Waals surface area (Å²) in [7, 11) is 0. The first-order valence-corrected chi connectivity index (χ1v) is 10.2. The summed E-state index contributed by atoms with van der Waals surface area (Å²) in [6, 6.07) is 8.91. The summed E-state index contributed by atoms with van der Waals surface area (Å²) in [5.41, 5.74) is -0.662. The highest BCUT2D eigenvalue weighted by Gasteiger charge is 2.53. The number of aryl methyl sites for hydroxylation is 2. The molecule has 29 heavy (non-hydrogen) atoms. The molecule has 1 aliphatic rings. The van der Waals surface area contributed by atoms with Gasteiger partial charge in [-0.05, 0) is 44.1 Å². The van der Waals surface area contributed by atoms with Crippen LogP contribution in [-0.2, 0) is 21.6 Å². The first-order chi connectivity index (χ1) is 13.9. The van der Waals surface area contributed by atoms with Gasteiger partial charge in [0.2, 0.25) is 5.92 Å². The van der Waals surface area contributed by atoms with E-state index in [1.165, 1.54) is 0 Å². The zero-order valence-corrected chi connectivity index (χ0v) is 16.7. The normalized spacial score (nSPS) is 20.8. The van der Waals surface area contributed by atoms with Crippen molar-refractivity contribution in [3.63, 3.8) is 0 Å². The summed E-state index contributed by atoms with van der Waals surface area (Å²) in [6.07, 6.45) is 5.65. The van der Waals surface area contributed by atoms with Crippen LogP contribution in [0.3, 0.4) is 0 Å². The van der Waals surface area contributed by atoms with Crippen molar-refractivity contribution < 1.29 is 23.7 Å². The Bertz CT molecular complexity index is 809. The fraction of sp³-hybridized carbons (Fsp3) is 0.545. The number of benzene rings is 1. The Labute approximate surface area is 169 Å². The quantitative estimate of drug-likeness (QED) is 0.374. The molecule has 1 aromatic carbocycles. The lowest BCUT2D eigenvalue weighted by Gasteiger charge is -2.42. The van der Waals surface area contributed by atoms with Crippen molar-refractivity contribution in [1.82, 2.24) is 9.55 Å². The van der Waals surface area contributed by atoms with Crippen molar-refractivity contribution in [1.29, 1.82) is 0 Å². The lowest BCUT2D eigenvalue weighted by Crippen LogP contribution is -2.47. The second-order valence-corrected chi connectivity index (χ2v) is 7.99. The fourth-order valence-corrected chi connectivity index (χ4v) is 4.71. The maximum absolute atomic E-state index is 14.3. The standard InChI is InChI=1S/C22H28F2N2O3/c1-17-25-13-15-26(17)14-6-5-12-22(20(27)29-28,18-8-3-2-4-9-18)19-10-7-11-21(23,24)16-19/h2-4,8-9,13,15,19,28H,5-7,10-12,14,16H2,1H3/t19-,22+/m1/s1. The van der Waals surface area contributed by atoms with Crippen LogP contribution in [0.5, 0.6) is 0 Å². The molecular weight excluding hydrogens is 378 g/mol. The van der Waals surface area contributed by atoms with Gasteiger partial charge in [-0.3, -0.25) is 0 Å². The summed E-state index contributed by atoms with van der Waals surface area (Å²) >= 11 is 0. The topological polar surface area (TPSA) is 64.4 Å². The SMILES string of the molecule is Cc1nccn1CCCC[C@](C(=O)OO)(c1ccccc1)[C@@H]1CCCC(F)(F)C1. The van der Waals surface area contributed by atoms with Crippen LogP contribution in [0.2, 0.25) is 0 Å². The molecule has 1 saturated carbocycles. The van der Waals surface area contributed by atoms with Crippen LogP contribution < -0.4 is 0 Å². The van der Waals surface area contributed by atoms with Gasteiger partial charge in [-0.1, -0.05) is 36.8 Å². The molecule has 1 aromatic heterocycles. The van der Waals surface area contributed by atoms with Crippen LogP contribution >= 0.6 is 0 Å². The van der Waals surface area contributed by atoms with Crippen LogP contribution in [0.4, 0.5) is 8.78 Å². The van der Waals surface area contributed by atoms with Crippen LogP contribution in [0.1, 0.15) is 56.3 Å².